The Hall–Kier alpha value is -0.710. The number of rotatable bonds is 3. The normalized spacial score (nSPS) is 19.8. The third-order valence-corrected chi connectivity index (χ3v) is 4.75. The molecule has 1 aliphatic heterocycles. The van der Waals surface area contributed by atoms with Crippen LogP contribution in [0.4, 0.5) is 0 Å². The second-order valence-electron chi connectivity index (χ2n) is 4.65. The van der Waals surface area contributed by atoms with Gasteiger partial charge in [0.25, 0.3) is 0 Å². The zero-order valence-corrected chi connectivity index (χ0v) is 11.9. The van der Waals surface area contributed by atoms with Crippen LogP contribution >= 0.6 is 22.9 Å². The summed E-state index contributed by atoms with van der Waals surface area (Å²) in [6.45, 7) is 3.83. The number of nitrogens with zero attached hydrogens (tertiary/aromatic N) is 2. The number of fused-ring (bicyclic) bond motifs is 1. The highest BCUT2D eigenvalue weighted by molar-refractivity contribution is 7.18. The number of halogens is 1. The van der Waals surface area contributed by atoms with Crippen LogP contribution < -0.4 is 0 Å². The highest BCUT2D eigenvalue weighted by Gasteiger charge is 2.18. The van der Waals surface area contributed by atoms with Crippen LogP contribution in [0, 0.1) is 5.92 Å². The molecule has 96 valence electrons. The van der Waals surface area contributed by atoms with Crippen molar-refractivity contribution < 1.29 is 4.74 Å². The van der Waals surface area contributed by atoms with E-state index < -0.39 is 0 Å². The molecule has 1 unspecified atom stereocenters. The van der Waals surface area contributed by atoms with Crippen molar-refractivity contribution in [3.05, 3.63) is 21.9 Å². The number of aromatic nitrogens is 2. The van der Waals surface area contributed by atoms with Crippen molar-refractivity contribution in [1.29, 1.82) is 0 Å². The van der Waals surface area contributed by atoms with Gasteiger partial charge in [0, 0.05) is 29.9 Å². The minimum atomic E-state index is 0.545. The average molecular weight is 283 g/mol. The molecule has 5 heteroatoms. The molecule has 0 bridgehead atoms. The van der Waals surface area contributed by atoms with Crippen molar-refractivity contribution in [3.63, 3.8) is 0 Å². The van der Waals surface area contributed by atoms with Crippen LogP contribution in [-0.2, 0) is 17.6 Å². The molecule has 3 nitrogen and oxygen atoms in total. The molecule has 0 amide bonds. The van der Waals surface area contributed by atoms with E-state index in [4.69, 9.17) is 16.3 Å². The van der Waals surface area contributed by atoms with Gasteiger partial charge in [-0.25, -0.2) is 9.97 Å². The largest absolute Gasteiger partial charge is 0.381 e. The Balaban J connectivity index is 1.92. The van der Waals surface area contributed by atoms with Crippen LogP contribution in [0.3, 0.4) is 0 Å². The summed E-state index contributed by atoms with van der Waals surface area (Å²) in [5.41, 5.74) is 0. The van der Waals surface area contributed by atoms with E-state index in [0.29, 0.717) is 11.1 Å². The van der Waals surface area contributed by atoms with Gasteiger partial charge in [-0.15, -0.1) is 11.3 Å². The molecule has 3 rings (SSSR count). The average Bonchev–Trinajstić information content (AvgIpc) is 2.97. The molecule has 2 aromatic heterocycles. The molecule has 18 heavy (non-hydrogen) atoms. The molecule has 0 spiro atoms. The Morgan fingerprint density at radius 2 is 2.39 bits per heavy atom. The second kappa shape index (κ2) is 5.11. The summed E-state index contributed by atoms with van der Waals surface area (Å²) in [7, 11) is 0. The molecule has 0 radical (unpaired) electrons. The minimum Gasteiger partial charge on any atom is -0.381 e. The summed E-state index contributed by atoms with van der Waals surface area (Å²) in [5.74, 6) is 1.40. The smallest absolute Gasteiger partial charge is 0.141 e. The highest BCUT2D eigenvalue weighted by atomic mass is 35.5. The molecule has 0 N–H and O–H groups in total. The molecule has 0 saturated carbocycles. The van der Waals surface area contributed by atoms with E-state index >= 15 is 0 Å². The van der Waals surface area contributed by atoms with Crippen LogP contribution in [0.15, 0.2) is 6.07 Å². The van der Waals surface area contributed by atoms with Crippen molar-refractivity contribution in [2.75, 3.05) is 13.2 Å². The quantitative estimate of drug-likeness (QED) is 0.809. The van der Waals surface area contributed by atoms with Crippen LogP contribution in [0.5, 0.6) is 0 Å². The van der Waals surface area contributed by atoms with Crippen LogP contribution in [0.1, 0.15) is 24.0 Å². The van der Waals surface area contributed by atoms with Crippen molar-refractivity contribution >= 4 is 33.2 Å². The lowest BCUT2D eigenvalue weighted by atomic mass is 10.1. The summed E-state index contributed by atoms with van der Waals surface area (Å²) < 4.78 is 5.38. The van der Waals surface area contributed by atoms with Gasteiger partial charge in [0.05, 0.1) is 0 Å². The molecule has 1 aliphatic rings. The van der Waals surface area contributed by atoms with Gasteiger partial charge >= 0.3 is 0 Å². The topological polar surface area (TPSA) is 35.0 Å². The molecule has 3 heterocycles. The Bertz CT molecular complexity index is 563. The molecule has 1 atom stereocenters. The van der Waals surface area contributed by atoms with Crippen molar-refractivity contribution in [1.82, 2.24) is 9.97 Å². The van der Waals surface area contributed by atoms with Crippen molar-refractivity contribution in [2.24, 2.45) is 5.92 Å². The van der Waals surface area contributed by atoms with E-state index in [0.717, 1.165) is 48.5 Å². The van der Waals surface area contributed by atoms with Gasteiger partial charge in [0.2, 0.25) is 0 Å². The highest BCUT2D eigenvalue weighted by Crippen LogP contribution is 2.29. The number of hydrogen-bond acceptors (Lipinski definition) is 4. The van der Waals surface area contributed by atoms with Crippen LogP contribution in [-0.4, -0.2) is 23.2 Å². The summed E-state index contributed by atoms with van der Waals surface area (Å²) in [5, 5.41) is 1.58. The van der Waals surface area contributed by atoms with Crippen molar-refractivity contribution in [2.45, 2.75) is 26.2 Å². The molecular weight excluding hydrogens is 268 g/mol. The fraction of sp³-hybridized carbons (Fsp3) is 0.538. The third kappa shape index (κ3) is 2.37. The number of ether oxygens (including phenoxy) is 1. The van der Waals surface area contributed by atoms with E-state index in [2.05, 4.69) is 23.0 Å². The van der Waals surface area contributed by atoms with Gasteiger partial charge in [0.1, 0.15) is 15.8 Å². The second-order valence-corrected chi connectivity index (χ2v) is 6.12. The Kier molecular flexibility index (Phi) is 3.50. The first-order valence-electron chi connectivity index (χ1n) is 6.29. The Labute approximate surface area is 115 Å². The monoisotopic (exact) mass is 282 g/mol. The molecule has 0 aliphatic carbocycles. The lowest BCUT2D eigenvalue weighted by molar-refractivity contribution is 0.185. The fourth-order valence-electron chi connectivity index (χ4n) is 2.25. The predicted molar refractivity (Wildman–Crippen MR) is 74.4 cm³/mol. The van der Waals surface area contributed by atoms with Gasteiger partial charge in [-0.2, -0.15) is 0 Å². The Morgan fingerprint density at radius 3 is 3.11 bits per heavy atom. The van der Waals surface area contributed by atoms with E-state index in [1.807, 2.05) is 0 Å². The van der Waals surface area contributed by atoms with Crippen LogP contribution in [0.2, 0.25) is 5.15 Å². The predicted octanol–water partition coefficient (Wildman–Crippen LogP) is 3.49. The number of aryl methyl sites for hydroxylation is 1. The summed E-state index contributed by atoms with van der Waals surface area (Å²) >= 11 is 7.96. The Morgan fingerprint density at radius 1 is 1.50 bits per heavy atom. The lowest BCUT2D eigenvalue weighted by Crippen LogP contribution is -2.07. The maximum atomic E-state index is 6.24. The standard InChI is InChI=1S/C13H15ClN2OS/c1-2-9-6-10-12(14)15-11(16-13(10)18-9)5-8-3-4-17-7-8/h6,8H,2-5,7H2,1H3. The van der Waals surface area contributed by atoms with E-state index in [9.17, 15) is 0 Å². The first-order chi connectivity index (χ1) is 8.76. The maximum absolute atomic E-state index is 6.24. The summed E-state index contributed by atoms with van der Waals surface area (Å²) in [6, 6.07) is 2.10. The van der Waals surface area contributed by atoms with E-state index in [1.54, 1.807) is 11.3 Å². The van der Waals surface area contributed by atoms with Crippen LogP contribution in [0.25, 0.3) is 10.2 Å². The number of thiophene rings is 1. The minimum absolute atomic E-state index is 0.545. The lowest BCUT2D eigenvalue weighted by Gasteiger charge is -2.06. The van der Waals surface area contributed by atoms with Crippen molar-refractivity contribution in [3.8, 4) is 0 Å². The van der Waals surface area contributed by atoms with Gasteiger partial charge in [-0.3, -0.25) is 0 Å². The van der Waals surface area contributed by atoms with E-state index in [1.165, 1.54) is 4.88 Å². The molecular formula is C13H15ClN2OS. The molecule has 2 aromatic rings. The SMILES string of the molecule is CCc1cc2c(Cl)nc(CC3CCOC3)nc2s1. The maximum Gasteiger partial charge on any atom is 0.141 e. The molecule has 1 saturated heterocycles. The first-order valence-corrected chi connectivity index (χ1v) is 7.48. The zero-order valence-electron chi connectivity index (χ0n) is 10.3. The number of hydrogen-bond donors (Lipinski definition) is 0. The van der Waals surface area contributed by atoms with Gasteiger partial charge in [0.15, 0.2) is 0 Å². The molecule has 1 fully saturated rings. The zero-order chi connectivity index (χ0) is 12.5. The third-order valence-electron chi connectivity index (χ3n) is 3.29. The van der Waals surface area contributed by atoms with Gasteiger partial charge in [-0.05, 0) is 24.8 Å². The summed E-state index contributed by atoms with van der Waals surface area (Å²) in [6.07, 6.45) is 2.99. The van der Waals surface area contributed by atoms with Gasteiger partial charge < -0.3 is 4.74 Å². The first kappa shape index (κ1) is 12.3. The van der Waals surface area contributed by atoms with E-state index in [-0.39, 0.29) is 0 Å². The summed E-state index contributed by atoms with van der Waals surface area (Å²) in [4.78, 5) is 11.4. The molecule has 0 aromatic carbocycles. The fourth-order valence-corrected chi connectivity index (χ4v) is 3.53. The van der Waals surface area contributed by atoms with Gasteiger partial charge in [-0.1, -0.05) is 18.5 Å².